The van der Waals surface area contributed by atoms with Crippen LogP contribution in [0.3, 0.4) is 0 Å². The Hall–Kier alpha value is -1.29. The number of halogens is 3. The summed E-state index contributed by atoms with van der Waals surface area (Å²) in [6, 6.07) is 9.99. The van der Waals surface area contributed by atoms with Crippen LogP contribution >= 0.6 is 23.2 Å². The molecule has 0 bridgehead atoms. The average molecular weight is 328 g/mol. The second-order valence-corrected chi connectivity index (χ2v) is 5.46. The molecule has 2 aromatic rings. The van der Waals surface area contributed by atoms with E-state index in [9.17, 15) is 4.39 Å². The van der Waals surface area contributed by atoms with Crippen LogP contribution in [0, 0.1) is 5.82 Å². The summed E-state index contributed by atoms with van der Waals surface area (Å²) < 4.78 is 19.4. The first-order valence-electron chi connectivity index (χ1n) is 6.50. The zero-order valence-electron chi connectivity index (χ0n) is 11.8. The topological polar surface area (TPSA) is 21.3 Å². The first-order valence-corrected chi connectivity index (χ1v) is 7.26. The minimum absolute atomic E-state index is 0.224. The van der Waals surface area contributed by atoms with Gasteiger partial charge in [0.1, 0.15) is 11.6 Å². The predicted octanol–water partition coefficient (Wildman–Crippen LogP) is 4.64. The number of rotatable bonds is 5. The van der Waals surface area contributed by atoms with E-state index in [0.717, 1.165) is 5.56 Å². The molecular weight excluding hydrogens is 312 g/mol. The van der Waals surface area contributed by atoms with Crippen LogP contribution in [-0.2, 0) is 6.42 Å². The summed E-state index contributed by atoms with van der Waals surface area (Å²) in [4.78, 5) is 0. The van der Waals surface area contributed by atoms with E-state index in [1.807, 2.05) is 6.07 Å². The van der Waals surface area contributed by atoms with Gasteiger partial charge in [0.15, 0.2) is 0 Å². The molecule has 0 saturated heterocycles. The number of methoxy groups -OCH3 is 1. The highest BCUT2D eigenvalue weighted by molar-refractivity contribution is 6.42. The Labute approximate surface area is 133 Å². The van der Waals surface area contributed by atoms with E-state index in [1.165, 1.54) is 13.2 Å². The van der Waals surface area contributed by atoms with E-state index in [0.29, 0.717) is 27.8 Å². The number of ether oxygens (including phenoxy) is 1. The number of likely N-dealkylation sites (N-methyl/N-ethyl adjacent to an activating group) is 1. The third kappa shape index (κ3) is 3.67. The van der Waals surface area contributed by atoms with Crippen LogP contribution in [0.5, 0.6) is 5.75 Å². The fourth-order valence-electron chi connectivity index (χ4n) is 2.28. The summed E-state index contributed by atoms with van der Waals surface area (Å²) in [5.41, 5.74) is 1.47. The molecule has 2 nitrogen and oxygen atoms in total. The standard InChI is InChI=1S/C16H16Cl2FNO/c1-20-14(9-10-6-7-11(17)12(18)8-10)16-13(19)4-3-5-15(16)21-2/h3-8,14,20H,9H2,1-2H3. The molecule has 1 unspecified atom stereocenters. The smallest absolute Gasteiger partial charge is 0.131 e. The predicted molar refractivity (Wildman–Crippen MR) is 84.9 cm³/mol. The third-order valence-corrected chi connectivity index (χ3v) is 4.09. The highest BCUT2D eigenvalue weighted by Gasteiger charge is 2.19. The van der Waals surface area contributed by atoms with Gasteiger partial charge in [-0.1, -0.05) is 35.3 Å². The molecule has 0 radical (unpaired) electrons. The SMILES string of the molecule is CNC(Cc1ccc(Cl)c(Cl)c1)c1c(F)cccc1OC. The number of hydrogen-bond donors (Lipinski definition) is 1. The molecular formula is C16H16Cl2FNO. The lowest BCUT2D eigenvalue weighted by atomic mass is 9.97. The maximum Gasteiger partial charge on any atom is 0.131 e. The van der Waals surface area contributed by atoms with Gasteiger partial charge in [-0.25, -0.2) is 4.39 Å². The minimum atomic E-state index is -0.297. The molecule has 0 aliphatic carbocycles. The van der Waals surface area contributed by atoms with Crippen LogP contribution in [0.4, 0.5) is 4.39 Å². The molecule has 5 heteroatoms. The fraction of sp³-hybridized carbons (Fsp3) is 0.250. The lowest BCUT2D eigenvalue weighted by Gasteiger charge is -2.20. The zero-order valence-corrected chi connectivity index (χ0v) is 13.3. The first-order chi connectivity index (χ1) is 10.1. The van der Waals surface area contributed by atoms with Crippen LogP contribution in [0.25, 0.3) is 0 Å². The molecule has 21 heavy (non-hydrogen) atoms. The van der Waals surface area contributed by atoms with Gasteiger partial charge in [-0.15, -0.1) is 0 Å². The number of hydrogen-bond acceptors (Lipinski definition) is 2. The molecule has 0 saturated carbocycles. The van der Waals surface area contributed by atoms with Crippen molar-refractivity contribution in [3.63, 3.8) is 0 Å². The fourth-order valence-corrected chi connectivity index (χ4v) is 2.60. The molecule has 0 heterocycles. The van der Waals surface area contributed by atoms with Gasteiger partial charge in [0, 0.05) is 11.6 Å². The third-order valence-electron chi connectivity index (χ3n) is 3.35. The van der Waals surface area contributed by atoms with E-state index < -0.39 is 0 Å². The van der Waals surface area contributed by atoms with Crippen molar-refractivity contribution in [2.75, 3.05) is 14.2 Å². The summed E-state index contributed by atoms with van der Waals surface area (Å²) in [5.74, 6) is 0.225. The summed E-state index contributed by atoms with van der Waals surface area (Å²) in [6.45, 7) is 0. The molecule has 2 rings (SSSR count). The van der Waals surface area contributed by atoms with Gasteiger partial charge in [0.25, 0.3) is 0 Å². The second kappa shape index (κ2) is 7.12. The Morgan fingerprint density at radius 1 is 1.19 bits per heavy atom. The Balaban J connectivity index is 2.34. The van der Waals surface area contributed by atoms with Crippen LogP contribution in [0.2, 0.25) is 10.0 Å². The maximum atomic E-state index is 14.2. The summed E-state index contributed by atoms with van der Waals surface area (Å²) in [5, 5.41) is 4.12. The highest BCUT2D eigenvalue weighted by atomic mass is 35.5. The molecule has 1 N–H and O–H groups in total. The van der Waals surface area contributed by atoms with Crippen molar-refractivity contribution < 1.29 is 9.13 Å². The Bertz CT molecular complexity index is 634. The van der Waals surface area contributed by atoms with Gasteiger partial charge in [0.2, 0.25) is 0 Å². The summed E-state index contributed by atoms with van der Waals surface area (Å²) in [6.07, 6.45) is 0.574. The zero-order chi connectivity index (χ0) is 15.4. The largest absolute Gasteiger partial charge is 0.496 e. The van der Waals surface area contributed by atoms with Crippen molar-refractivity contribution >= 4 is 23.2 Å². The Morgan fingerprint density at radius 2 is 1.95 bits per heavy atom. The quantitative estimate of drug-likeness (QED) is 0.863. The Morgan fingerprint density at radius 3 is 2.57 bits per heavy atom. The summed E-state index contributed by atoms with van der Waals surface area (Å²) in [7, 11) is 3.32. The van der Waals surface area contributed by atoms with Crippen LogP contribution in [-0.4, -0.2) is 14.2 Å². The van der Waals surface area contributed by atoms with Gasteiger partial charge >= 0.3 is 0 Å². The van der Waals surface area contributed by atoms with Crippen molar-refractivity contribution in [1.29, 1.82) is 0 Å². The normalized spacial score (nSPS) is 12.2. The molecule has 0 spiro atoms. The van der Waals surface area contributed by atoms with Gasteiger partial charge in [-0.3, -0.25) is 0 Å². The minimum Gasteiger partial charge on any atom is -0.496 e. The van der Waals surface area contributed by atoms with Crippen LogP contribution < -0.4 is 10.1 Å². The second-order valence-electron chi connectivity index (χ2n) is 4.65. The molecule has 0 aliphatic rings. The van der Waals surface area contributed by atoms with E-state index in [-0.39, 0.29) is 11.9 Å². The lowest BCUT2D eigenvalue weighted by molar-refractivity contribution is 0.393. The number of benzene rings is 2. The highest BCUT2D eigenvalue weighted by Crippen LogP contribution is 2.31. The molecule has 2 aromatic carbocycles. The van der Waals surface area contributed by atoms with E-state index in [1.54, 1.807) is 31.3 Å². The summed E-state index contributed by atoms with van der Waals surface area (Å²) >= 11 is 11.9. The van der Waals surface area contributed by atoms with Crippen molar-refractivity contribution in [2.24, 2.45) is 0 Å². The van der Waals surface area contributed by atoms with Crippen molar-refractivity contribution in [1.82, 2.24) is 5.32 Å². The maximum absolute atomic E-state index is 14.2. The molecule has 112 valence electrons. The molecule has 0 amide bonds. The van der Waals surface area contributed by atoms with Gasteiger partial charge in [0.05, 0.1) is 17.2 Å². The average Bonchev–Trinajstić information content (AvgIpc) is 2.48. The van der Waals surface area contributed by atoms with E-state index in [2.05, 4.69) is 5.32 Å². The first kappa shape index (κ1) is 16.1. The molecule has 1 atom stereocenters. The van der Waals surface area contributed by atoms with Crippen LogP contribution in [0.15, 0.2) is 36.4 Å². The van der Waals surface area contributed by atoms with Gasteiger partial charge in [-0.05, 0) is 43.3 Å². The molecule has 0 fully saturated rings. The monoisotopic (exact) mass is 327 g/mol. The Kier molecular flexibility index (Phi) is 5.45. The van der Waals surface area contributed by atoms with Crippen molar-refractivity contribution in [2.45, 2.75) is 12.5 Å². The van der Waals surface area contributed by atoms with Crippen molar-refractivity contribution in [3.8, 4) is 5.75 Å². The van der Waals surface area contributed by atoms with Crippen molar-refractivity contribution in [3.05, 3.63) is 63.4 Å². The molecule has 0 aliphatic heterocycles. The van der Waals surface area contributed by atoms with E-state index in [4.69, 9.17) is 27.9 Å². The molecule has 0 aromatic heterocycles. The lowest BCUT2D eigenvalue weighted by Crippen LogP contribution is -2.21. The van der Waals surface area contributed by atoms with Gasteiger partial charge < -0.3 is 10.1 Å². The van der Waals surface area contributed by atoms with Crippen LogP contribution in [0.1, 0.15) is 17.2 Å². The van der Waals surface area contributed by atoms with Gasteiger partial charge in [-0.2, -0.15) is 0 Å². The number of nitrogens with one attached hydrogen (secondary N) is 1. The van der Waals surface area contributed by atoms with E-state index >= 15 is 0 Å².